The lowest BCUT2D eigenvalue weighted by atomic mass is 10.1. The van der Waals surface area contributed by atoms with E-state index >= 15 is 0 Å². The number of ether oxygens (including phenoxy) is 1. The summed E-state index contributed by atoms with van der Waals surface area (Å²) >= 11 is 0. The van der Waals surface area contributed by atoms with Crippen molar-refractivity contribution in [3.05, 3.63) is 0 Å². The van der Waals surface area contributed by atoms with Crippen molar-refractivity contribution in [2.45, 2.75) is 31.9 Å². The van der Waals surface area contributed by atoms with Crippen molar-refractivity contribution in [1.29, 1.82) is 0 Å². The summed E-state index contributed by atoms with van der Waals surface area (Å²) in [5.41, 5.74) is 5.21. The van der Waals surface area contributed by atoms with Crippen LogP contribution in [0.2, 0.25) is 0 Å². The van der Waals surface area contributed by atoms with Crippen molar-refractivity contribution in [2.75, 3.05) is 13.7 Å². The average Bonchev–Trinajstić information content (AvgIpc) is 2.21. The van der Waals surface area contributed by atoms with Gasteiger partial charge in [0.15, 0.2) is 0 Å². The van der Waals surface area contributed by atoms with Gasteiger partial charge >= 0.3 is 5.97 Å². The molecule has 4 N–H and O–H groups in total. The molecule has 0 radical (unpaired) electrons. The topological polar surface area (TPSA) is 102 Å². The fraction of sp³-hybridized carbons (Fsp3) is 0.778. The first kappa shape index (κ1) is 13.9. The minimum atomic E-state index is -0.714. The quantitative estimate of drug-likeness (QED) is 0.484. The number of hydrogen-bond acceptors (Lipinski definition) is 5. The van der Waals surface area contributed by atoms with Gasteiger partial charge in [-0.3, -0.25) is 4.79 Å². The van der Waals surface area contributed by atoms with Gasteiger partial charge in [0.1, 0.15) is 6.04 Å². The van der Waals surface area contributed by atoms with Crippen molar-refractivity contribution >= 4 is 11.9 Å². The van der Waals surface area contributed by atoms with E-state index in [0.717, 1.165) is 0 Å². The lowest BCUT2D eigenvalue weighted by Crippen LogP contribution is -2.41. The van der Waals surface area contributed by atoms with Gasteiger partial charge < -0.3 is 20.9 Å². The third-order valence-corrected chi connectivity index (χ3v) is 1.92. The van der Waals surface area contributed by atoms with E-state index in [9.17, 15) is 14.7 Å². The average molecular weight is 218 g/mol. The molecule has 1 unspecified atom stereocenters. The second-order valence-electron chi connectivity index (χ2n) is 3.24. The number of aliphatic hydroxyl groups excluding tert-OH is 1. The van der Waals surface area contributed by atoms with Crippen molar-refractivity contribution in [3.63, 3.8) is 0 Å². The Labute approximate surface area is 88.8 Å². The number of nitrogens with two attached hydrogens (primary N) is 1. The first-order chi connectivity index (χ1) is 7.01. The first-order valence-corrected chi connectivity index (χ1v) is 4.74. The first-order valence-electron chi connectivity index (χ1n) is 4.74. The number of nitrogens with one attached hydrogen (secondary N) is 1. The molecule has 0 fully saturated rings. The molecule has 6 nitrogen and oxygen atoms in total. The molecule has 0 rings (SSSR count). The number of methoxy groups -OCH3 is 1. The van der Waals surface area contributed by atoms with Crippen molar-refractivity contribution in [1.82, 2.24) is 5.32 Å². The van der Waals surface area contributed by atoms with Gasteiger partial charge in [-0.15, -0.1) is 0 Å². The third kappa shape index (κ3) is 6.03. The Hall–Kier alpha value is -1.14. The Balaban J connectivity index is 4.12. The number of aliphatic hydroxyl groups is 1. The number of rotatable bonds is 6. The van der Waals surface area contributed by atoms with E-state index in [1.54, 1.807) is 0 Å². The highest BCUT2D eigenvalue weighted by molar-refractivity contribution is 5.83. The molecule has 88 valence electrons. The second-order valence-corrected chi connectivity index (χ2v) is 3.24. The molecular weight excluding hydrogens is 200 g/mol. The largest absolute Gasteiger partial charge is 0.467 e. The molecule has 2 atom stereocenters. The van der Waals surface area contributed by atoms with Crippen LogP contribution in [0.25, 0.3) is 0 Å². The molecule has 0 heterocycles. The van der Waals surface area contributed by atoms with Gasteiger partial charge in [-0.2, -0.15) is 0 Å². The summed E-state index contributed by atoms with van der Waals surface area (Å²) in [4.78, 5) is 22.0. The van der Waals surface area contributed by atoms with Gasteiger partial charge in [-0.1, -0.05) is 0 Å². The molecule has 0 aromatic carbocycles. The molecule has 0 spiro atoms. The Morgan fingerprint density at radius 1 is 1.47 bits per heavy atom. The van der Waals surface area contributed by atoms with Crippen LogP contribution in [0.5, 0.6) is 0 Å². The fourth-order valence-electron chi connectivity index (χ4n) is 1.11. The van der Waals surface area contributed by atoms with E-state index in [-0.39, 0.29) is 12.5 Å². The van der Waals surface area contributed by atoms with Gasteiger partial charge in [-0.25, -0.2) is 4.79 Å². The summed E-state index contributed by atoms with van der Waals surface area (Å²) in [5, 5.41) is 11.7. The lowest BCUT2D eigenvalue weighted by molar-refractivity contribution is -0.145. The van der Waals surface area contributed by atoms with Crippen LogP contribution in [0.3, 0.4) is 0 Å². The molecule has 1 amide bonds. The van der Waals surface area contributed by atoms with Crippen molar-refractivity contribution in [3.8, 4) is 0 Å². The second kappa shape index (κ2) is 7.19. The Morgan fingerprint density at radius 3 is 2.47 bits per heavy atom. The smallest absolute Gasteiger partial charge is 0.328 e. The monoisotopic (exact) mass is 218 g/mol. The van der Waals surface area contributed by atoms with E-state index < -0.39 is 18.1 Å². The maximum absolute atomic E-state index is 11.2. The molecule has 6 heteroatoms. The molecule has 0 aliphatic carbocycles. The highest BCUT2D eigenvalue weighted by Crippen LogP contribution is 2.03. The van der Waals surface area contributed by atoms with Crippen LogP contribution in [0.4, 0.5) is 0 Å². The zero-order valence-corrected chi connectivity index (χ0v) is 9.03. The summed E-state index contributed by atoms with van der Waals surface area (Å²) in [6.45, 7) is 1.45. The summed E-state index contributed by atoms with van der Waals surface area (Å²) in [7, 11) is 1.25. The SMILES string of the molecule is COC(=O)[C@H](CCC(O)CN)NC(C)=O. The number of esters is 1. The van der Waals surface area contributed by atoms with E-state index in [2.05, 4.69) is 10.1 Å². The minimum absolute atomic E-state index is 0.133. The molecule has 0 saturated carbocycles. The van der Waals surface area contributed by atoms with E-state index in [1.807, 2.05) is 0 Å². The molecule has 0 aliphatic rings. The predicted molar refractivity (Wildman–Crippen MR) is 53.9 cm³/mol. The van der Waals surface area contributed by atoms with Gasteiger partial charge in [0.25, 0.3) is 0 Å². The summed E-state index contributed by atoms with van der Waals surface area (Å²) in [6, 6.07) is -0.714. The van der Waals surface area contributed by atoms with Crippen molar-refractivity contribution < 1.29 is 19.4 Å². The Kier molecular flexibility index (Phi) is 6.64. The molecule has 0 saturated heterocycles. The van der Waals surface area contributed by atoms with Gasteiger partial charge in [0.2, 0.25) is 5.91 Å². The number of hydrogen-bond donors (Lipinski definition) is 3. The van der Waals surface area contributed by atoms with Crippen LogP contribution in [-0.2, 0) is 14.3 Å². The minimum Gasteiger partial charge on any atom is -0.467 e. The molecule has 0 aliphatic heterocycles. The Morgan fingerprint density at radius 2 is 2.07 bits per heavy atom. The normalized spacial score (nSPS) is 14.1. The summed E-state index contributed by atoms with van der Waals surface area (Å²) in [6.07, 6.45) is -0.00726. The highest BCUT2D eigenvalue weighted by atomic mass is 16.5. The maximum Gasteiger partial charge on any atom is 0.328 e. The predicted octanol–water partition coefficient (Wildman–Crippen LogP) is -1.24. The summed E-state index contributed by atoms with van der Waals surface area (Å²) < 4.78 is 4.51. The zero-order chi connectivity index (χ0) is 11.8. The molecule has 0 aromatic heterocycles. The molecule has 15 heavy (non-hydrogen) atoms. The van der Waals surface area contributed by atoms with Crippen LogP contribution in [0.1, 0.15) is 19.8 Å². The van der Waals surface area contributed by atoms with E-state index in [0.29, 0.717) is 12.8 Å². The van der Waals surface area contributed by atoms with Crippen LogP contribution >= 0.6 is 0 Å². The van der Waals surface area contributed by atoms with E-state index in [4.69, 9.17) is 5.73 Å². The van der Waals surface area contributed by atoms with Crippen LogP contribution in [0, 0.1) is 0 Å². The number of amides is 1. The van der Waals surface area contributed by atoms with Gasteiger partial charge in [0.05, 0.1) is 13.2 Å². The highest BCUT2D eigenvalue weighted by Gasteiger charge is 2.20. The maximum atomic E-state index is 11.2. The molecule has 0 aromatic rings. The van der Waals surface area contributed by atoms with Gasteiger partial charge in [0, 0.05) is 13.5 Å². The van der Waals surface area contributed by atoms with Crippen LogP contribution in [0.15, 0.2) is 0 Å². The van der Waals surface area contributed by atoms with Gasteiger partial charge in [-0.05, 0) is 12.8 Å². The van der Waals surface area contributed by atoms with E-state index in [1.165, 1.54) is 14.0 Å². The number of carbonyl (C=O) groups excluding carboxylic acids is 2. The third-order valence-electron chi connectivity index (χ3n) is 1.92. The lowest BCUT2D eigenvalue weighted by Gasteiger charge is -2.16. The number of carbonyl (C=O) groups is 2. The summed E-state index contributed by atoms with van der Waals surface area (Å²) in [5.74, 6) is -0.831. The zero-order valence-electron chi connectivity index (χ0n) is 9.03. The fourth-order valence-corrected chi connectivity index (χ4v) is 1.11. The van der Waals surface area contributed by atoms with Crippen molar-refractivity contribution in [2.24, 2.45) is 5.73 Å². The molecular formula is C9H18N2O4. The standard InChI is InChI=1S/C9H18N2O4/c1-6(12)11-8(9(14)15-2)4-3-7(13)5-10/h7-8,13H,3-5,10H2,1-2H3,(H,11,12)/t7?,8-/m0/s1. The Bertz CT molecular complexity index is 220. The molecule has 0 bridgehead atoms. The van der Waals surface area contributed by atoms with Crippen LogP contribution < -0.4 is 11.1 Å². The van der Waals surface area contributed by atoms with Crippen LogP contribution in [-0.4, -0.2) is 42.8 Å².